The van der Waals surface area contributed by atoms with Crippen molar-refractivity contribution in [2.24, 2.45) is 5.22 Å². The zero-order valence-corrected chi connectivity index (χ0v) is 13.0. The minimum absolute atomic E-state index is 0.624. The molecule has 0 bridgehead atoms. The van der Waals surface area contributed by atoms with Crippen LogP contribution in [0.15, 0.2) is 5.22 Å². The first-order valence-electron chi connectivity index (χ1n) is 6.17. The Morgan fingerprint density at radius 3 is 1.90 bits per heavy atom. The lowest BCUT2D eigenvalue weighted by atomic mass is 10.2. The van der Waals surface area contributed by atoms with E-state index in [1.165, 1.54) is 6.92 Å². The Kier molecular flexibility index (Phi) is 5.84. The van der Waals surface area contributed by atoms with Crippen molar-refractivity contribution in [3.05, 3.63) is 10.4 Å². The molecule has 0 aromatic rings. The minimum Gasteiger partial charge on any atom is -0.457 e. The number of carbonyl (C=O) groups is 2. The molecule has 0 aliphatic carbocycles. The van der Waals surface area contributed by atoms with E-state index < -0.39 is 29.3 Å². The molecular weight excluding hydrogens is 264 g/mol. The van der Waals surface area contributed by atoms with E-state index in [0.29, 0.717) is 5.01 Å². The normalized spacial score (nSPS) is 12.9. The first-order valence-corrected chi connectivity index (χ1v) is 6.17. The highest BCUT2D eigenvalue weighted by Crippen LogP contribution is 2.15. The van der Waals surface area contributed by atoms with Gasteiger partial charge < -0.3 is 9.47 Å². The maximum Gasteiger partial charge on any atom is 0.511 e. The van der Waals surface area contributed by atoms with E-state index in [-0.39, 0.29) is 0 Å². The molecule has 0 saturated heterocycles. The van der Waals surface area contributed by atoms with Gasteiger partial charge in [0.15, 0.2) is 0 Å². The van der Waals surface area contributed by atoms with Crippen LogP contribution in [0.1, 0.15) is 48.5 Å². The molecule has 8 heteroatoms. The summed E-state index contributed by atoms with van der Waals surface area (Å²) in [5.74, 6) is -0.684. The summed E-state index contributed by atoms with van der Waals surface area (Å²) >= 11 is 0. The lowest BCUT2D eigenvalue weighted by Gasteiger charge is -2.26. The average molecular weight is 286 g/mol. The van der Waals surface area contributed by atoms with Crippen molar-refractivity contribution < 1.29 is 19.1 Å². The summed E-state index contributed by atoms with van der Waals surface area (Å²) in [4.78, 5) is 26.3. The topological polar surface area (TPSA) is 105 Å². The number of nitrogens with zero attached hydrogens (tertiary/aromatic N) is 4. The SMILES string of the molecule is C[C@@H](C(=O)OC(C)(C)C)N(N=[N+]=[N-])C(=O)OC(C)(C)C. The van der Waals surface area contributed by atoms with Gasteiger partial charge in [-0.25, -0.2) is 4.79 Å². The van der Waals surface area contributed by atoms with Crippen LogP contribution < -0.4 is 0 Å². The zero-order valence-electron chi connectivity index (χ0n) is 13.0. The predicted molar refractivity (Wildman–Crippen MR) is 72.5 cm³/mol. The molecule has 0 spiro atoms. The van der Waals surface area contributed by atoms with E-state index >= 15 is 0 Å². The lowest BCUT2D eigenvalue weighted by molar-refractivity contribution is -0.160. The fourth-order valence-electron chi connectivity index (χ4n) is 1.11. The van der Waals surface area contributed by atoms with Crippen LogP contribution in [0.3, 0.4) is 0 Å². The highest BCUT2D eigenvalue weighted by atomic mass is 16.6. The van der Waals surface area contributed by atoms with Gasteiger partial charge in [-0.15, -0.1) is 10.5 Å². The molecule has 0 rings (SSSR count). The Hall–Kier alpha value is -1.95. The summed E-state index contributed by atoms with van der Waals surface area (Å²) in [6.07, 6.45) is -0.909. The Morgan fingerprint density at radius 2 is 1.55 bits per heavy atom. The second-order valence-corrected chi connectivity index (χ2v) is 6.21. The van der Waals surface area contributed by atoms with E-state index in [2.05, 4.69) is 10.1 Å². The first-order chi connectivity index (χ1) is 8.87. The summed E-state index contributed by atoms with van der Waals surface area (Å²) in [6.45, 7) is 11.5. The van der Waals surface area contributed by atoms with Gasteiger partial charge in [-0.3, -0.25) is 0 Å². The second kappa shape index (κ2) is 6.47. The van der Waals surface area contributed by atoms with Crippen molar-refractivity contribution in [3.63, 3.8) is 0 Å². The van der Waals surface area contributed by atoms with Gasteiger partial charge in [-0.1, -0.05) is 0 Å². The number of ether oxygens (including phenoxy) is 2. The van der Waals surface area contributed by atoms with Gasteiger partial charge in [-0.05, 0) is 53.7 Å². The average Bonchev–Trinajstić information content (AvgIpc) is 2.19. The number of azide groups is 1. The number of rotatable bonds is 3. The molecule has 0 heterocycles. The zero-order chi connectivity index (χ0) is 16.1. The molecule has 0 aromatic carbocycles. The molecule has 0 N–H and O–H groups in total. The minimum atomic E-state index is -1.08. The lowest BCUT2D eigenvalue weighted by Crippen LogP contribution is -2.44. The third-order valence-electron chi connectivity index (χ3n) is 1.83. The highest BCUT2D eigenvalue weighted by molar-refractivity contribution is 5.81. The van der Waals surface area contributed by atoms with Crippen LogP contribution in [0, 0.1) is 0 Å². The smallest absolute Gasteiger partial charge is 0.457 e. The maximum atomic E-state index is 11.9. The van der Waals surface area contributed by atoms with Crippen LogP contribution in [-0.2, 0) is 14.3 Å². The van der Waals surface area contributed by atoms with Gasteiger partial charge in [0, 0.05) is 0 Å². The van der Waals surface area contributed by atoms with Crippen molar-refractivity contribution in [1.82, 2.24) is 5.01 Å². The summed E-state index contributed by atoms with van der Waals surface area (Å²) in [7, 11) is 0. The summed E-state index contributed by atoms with van der Waals surface area (Å²) in [5, 5.41) is 3.82. The Morgan fingerprint density at radius 1 is 1.10 bits per heavy atom. The standard InChI is InChI=1S/C12H22N4O4/c1-8(9(17)19-11(2,3)4)16(15-14-13)10(18)20-12(5,6)7/h8H,1-7H3/t8-/m0/s1. The third-order valence-corrected chi connectivity index (χ3v) is 1.83. The Bertz CT molecular complexity index is 416. The largest absolute Gasteiger partial charge is 0.511 e. The van der Waals surface area contributed by atoms with E-state index in [1.54, 1.807) is 41.5 Å². The van der Waals surface area contributed by atoms with E-state index in [4.69, 9.17) is 15.0 Å². The number of amides is 1. The van der Waals surface area contributed by atoms with Gasteiger partial charge in [0.1, 0.15) is 11.2 Å². The molecule has 1 atom stereocenters. The maximum absolute atomic E-state index is 11.9. The van der Waals surface area contributed by atoms with E-state index in [1.807, 2.05) is 0 Å². The van der Waals surface area contributed by atoms with Crippen molar-refractivity contribution in [3.8, 4) is 0 Å². The van der Waals surface area contributed by atoms with Crippen molar-refractivity contribution in [2.75, 3.05) is 0 Å². The van der Waals surface area contributed by atoms with Crippen molar-refractivity contribution in [2.45, 2.75) is 65.7 Å². The Balaban J connectivity index is 5.05. The van der Waals surface area contributed by atoms with Crippen molar-refractivity contribution >= 4 is 12.1 Å². The first kappa shape index (κ1) is 18.0. The van der Waals surface area contributed by atoms with Gasteiger partial charge in [0.05, 0.1) is 0 Å². The van der Waals surface area contributed by atoms with E-state index in [9.17, 15) is 9.59 Å². The molecule has 0 aromatic heterocycles. The summed E-state index contributed by atoms with van der Waals surface area (Å²) in [6, 6.07) is -1.08. The molecule has 0 radical (unpaired) electrons. The number of hydrogen-bond acceptors (Lipinski definition) is 5. The molecule has 1 amide bonds. The van der Waals surface area contributed by atoms with Gasteiger partial charge >= 0.3 is 12.1 Å². The summed E-state index contributed by atoms with van der Waals surface area (Å²) in [5.41, 5.74) is 7.03. The molecule has 114 valence electrons. The Labute approximate surface area is 118 Å². The monoisotopic (exact) mass is 286 g/mol. The number of carbonyl (C=O) groups excluding carboxylic acids is 2. The molecule has 8 nitrogen and oxygen atoms in total. The quantitative estimate of drug-likeness (QED) is 0.261. The molecule has 0 aliphatic heterocycles. The van der Waals surface area contributed by atoms with Gasteiger partial charge in [0.2, 0.25) is 6.04 Å². The molecule has 20 heavy (non-hydrogen) atoms. The predicted octanol–water partition coefficient (Wildman–Crippen LogP) is 3.18. The fourth-order valence-corrected chi connectivity index (χ4v) is 1.11. The molecule has 0 aliphatic rings. The summed E-state index contributed by atoms with van der Waals surface area (Å²) < 4.78 is 10.2. The van der Waals surface area contributed by atoms with Crippen LogP contribution in [0.2, 0.25) is 0 Å². The van der Waals surface area contributed by atoms with Crippen LogP contribution in [0.4, 0.5) is 4.79 Å². The van der Waals surface area contributed by atoms with Crippen LogP contribution >= 0.6 is 0 Å². The van der Waals surface area contributed by atoms with Crippen LogP contribution in [-0.4, -0.2) is 34.3 Å². The second-order valence-electron chi connectivity index (χ2n) is 6.21. The molecule has 0 fully saturated rings. The van der Waals surface area contributed by atoms with Crippen LogP contribution in [0.25, 0.3) is 10.4 Å². The molecule has 0 unspecified atom stereocenters. The van der Waals surface area contributed by atoms with E-state index in [0.717, 1.165) is 0 Å². The van der Waals surface area contributed by atoms with Crippen molar-refractivity contribution in [1.29, 1.82) is 0 Å². The fraction of sp³-hybridized carbons (Fsp3) is 0.833. The van der Waals surface area contributed by atoms with Gasteiger partial charge in [0.25, 0.3) is 0 Å². The third kappa shape index (κ3) is 6.84. The highest BCUT2D eigenvalue weighted by Gasteiger charge is 2.36. The van der Waals surface area contributed by atoms with Gasteiger partial charge in [-0.2, -0.15) is 9.71 Å². The number of hydrogen-bond donors (Lipinski definition) is 0. The molecular formula is C12H22N4O4. The molecule has 0 saturated carbocycles. The van der Waals surface area contributed by atoms with Crippen LogP contribution in [0.5, 0.6) is 0 Å². The number of esters is 1.